The van der Waals surface area contributed by atoms with Gasteiger partial charge in [-0.25, -0.2) is 0 Å². The Morgan fingerprint density at radius 3 is 2.61 bits per heavy atom. The third kappa shape index (κ3) is 2.48. The van der Waals surface area contributed by atoms with Crippen LogP contribution in [-0.2, 0) is 0 Å². The average Bonchev–Trinajstić information content (AvgIpc) is 2.36. The predicted octanol–water partition coefficient (Wildman–Crippen LogP) is 1.55. The van der Waals surface area contributed by atoms with Gasteiger partial charge in [-0.3, -0.25) is 4.99 Å². The van der Waals surface area contributed by atoms with Gasteiger partial charge in [-0.2, -0.15) is 0 Å². The molecule has 0 radical (unpaired) electrons. The van der Waals surface area contributed by atoms with Crippen molar-refractivity contribution in [3.63, 3.8) is 0 Å². The largest absolute Gasteiger partial charge is 0.398 e. The number of benzene rings is 1. The summed E-state index contributed by atoms with van der Waals surface area (Å²) in [4.78, 5) is 6.50. The van der Waals surface area contributed by atoms with Gasteiger partial charge in [0.15, 0.2) is 0 Å². The van der Waals surface area contributed by atoms with Crippen molar-refractivity contribution in [1.82, 2.24) is 0 Å². The number of anilines is 2. The quantitative estimate of drug-likeness (QED) is 0.614. The van der Waals surface area contributed by atoms with Gasteiger partial charge in [0.1, 0.15) is 0 Å². The molecule has 0 saturated carbocycles. The molecule has 1 aliphatic heterocycles. The second-order valence-corrected chi connectivity index (χ2v) is 4.95. The number of nitrogen functional groups attached to an aromatic ring is 1. The van der Waals surface area contributed by atoms with Crippen molar-refractivity contribution in [3.8, 4) is 0 Å². The van der Waals surface area contributed by atoms with Crippen LogP contribution in [0.15, 0.2) is 17.1 Å². The lowest BCUT2D eigenvalue weighted by Crippen LogP contribution is -2.40. The smallest absolute Gasteiger partial charge is 0.0505 e. The van der Waals surface area contributed by atoms with Crippen LogP contribution in [0.25, 0.3) is 0 Å². The van der Waals surface area contributed by atoms with Crippen LogP contribution < -0.4 is 16.4 Å². The molecule has 1 heterocycles. The second kappa shape index (κ2) is 5.40. The van der Waals surface area contributed by atoms with E-state index in [1.54, 1.807) is 7.05 Å². The molecule has 0 unspecified atom stereocenters. The summed E-state index contributed by atoms with van der Waals surface area (Å²) < 4.78 is 0. The molecule has 1 aromatic rings. The molecule has 1 aliphatic rings. The highest BCUT2D eigenvalue weighted by Crippen LogP contribution is 2.30. The Morgan fingerprint density at radius 2 is 2.00 bits per heavy atom. The first-order valence-corrected chi connectivity index (χ1v) is 6.45. The average molecular weight is 246 g/mol. The van der Waals surface area contributed by atoms with Gasteiger partial charge in [0, 0.05) is 43.6 Å². The van der Waals surface area contributed by atoms with Crippen molar-refractivity contribution in [1.29, 1.82) is 0 Å². The highest BCUT2D eigenvalue weighted by atomic mass is 15.1. The van der Waals surface area contributed by atoms with E-state index < -0.39 is 0 Å². The number of rotatable bonds is 2. The first-order valence-electron chi connectivity index (χ1n) is 6.45. The number of hydrogen-bond donors (Lipinski definition) is 2. The molecule has 1 saturated heterocycles. The minimum Gasteiger partial charge on any atom is -0.398 e. The standard InChI is InChI=1S/C14H22N4/c1-10-3-4-13(16)12(9-17-2)14(10)18-7-5-11(15)6-8-18/h3-4,9,11H,5-8,15-16H2,1-2H3. The topological polar surface area (TPSA) is 67.6 Å². The predicted molar refractivity (Wildman–Crippen MR) is 78.5 cm³/mol. The van der Waals surface area contributed by atoms with Crippen LogP contribution in [0, 0.1) is 6.92 Å². The molecular formula is C14H22N4. The van der Waals surface area contributed by atoms with Crippen molar-refractivity contribution in [2.75, 3.05) is 30.8 Å². The molecule has 4 heteroatoms. The van der Waals surface area contributed by atoms with Gasteiger partial charge in [-0.15, -0.1) is 0 Å². The van der Waals surface area contributed by atoms with Gasteiger partial charge in [-0.1, -0.05) is 6.07 Å². The summed E-state index contributed by atoms with van der Waals surface area (Å²) in [6.07, 6.45) is 3.93. The molecule has 18 heavy (non-hydrogen) atoms. The second-order valence-electron chi connectivity index (χ2n) is 4.95. The first kappa shape index (κ1) is 12.9. The maximum absolute atomic E-state index is 6.07. The van der Waals surface area contributed by atoms with Crippen molar-refractivity contribution in [3.05, 3.63) is 23.3 Å². The lowest BCUT2D eigenvalue weighted by Gasteiger charge is -2.34. The van der Waals surface area contributed by atoms with E-state index in [0.29, 0.717) is 6.04 Å². The van der Waals surface area contributed by atoms with E-state index in [4.69, 9.17) is 11.5 Å². The summed E-state index contributed by atoms with van der Waals surface area (Å²) in [7, 11) is 1.78. The van der Waals surface area contributed by atoms with Crippen LogP contribution in [0.5, 0.6) is 0 Å². The maximum atomic E-state index is 6.07. The van der Waals surface area contributed by atoms with Crippen molar-refractivity contribution in [2.45, 2.75) is 25.8 Å². The molecule has 98 valence electrons. The van der Waals surface area contributed by atoms with Crippen molar-refractivity contribution < 1.29 is 0 Å². The lowest BCUT2D eigenvalue weighted by atomic mass is 10.0. The molecule has 1 fully saturated rings. The number of aryl methyl sites for hydroxylation is 1. The Balaban J connectivity index is 2.39. The van der Waals surface area contributed by atoms with Crippen LogP contribution in [-0.4, -0.2) is 32.4 Å². The summed E-state index contributed by atoms with van der Waals surface area (Å²) in [5.41, 5.74) is 16.3. The molecular weight excluding hydrogens is 224 g/mol. The van der Waals surface area contributed by atoms with Crippen LogP contribution in [0.4, 0.5) is 11.4 Å². The number of nitrogens with two attached hydrogens (primary N) is 2. The zero-order valence-electron chi connectivity index (χ0n) is 11.2. The monoisotopic (exact) mass is 246 g/mol. The van der Waals surface area contributed by atoms with E-state index in [9.17, 15) is 0 Å². The molecule has 4 N–H and O–H groups in total. The fourth-order valence-corrected chi connectivity index (χ4v) is 2.54. The number of hydrogen-bond acceptors (Lipinski definition) is 4. The van der Waals surface area contributed by atoms with E-state index in [0.717, 1.165) is 37.2 Å². The SMILES string of the molecule is CN=Cc1c(N)ccc(C)c1N1CCC(N)CC1. The first-order chi connectivity index (χ1) is 8.63. The maximum Gasteiger partial charge on any atom is 0.0505 e. The molecule has 4 nitrogen and oxygen atoms in total. The molecule has 0 atom stereocenters. The third-order valence-corrected chi connectivity index (χ3v) is 3.57. The summed E-state index contributed by atoms with van der Waals surface area (Å²) in [5, 5.41) is 0. The van der Waals surface area contributed by atoms with Crippen LogP contribution in [0.3, 0.4) is 0 Å². The van der Waals surface area contributed by atoms with Gasteiger partial charge in [0.25, 0.3) is 0 Å². The van der Waals surface area contributed by atoms with E-state index >= 15 is 0 Å². The van der Waals surface area contributed by atoms with Crippen LogP contribution in [0.2, 0.25) is 0 Å². The van der Waals surface area contributed by atoms with E-state index in [1.165, 1.54) is 11.3 Å². The van der Waals surface area contributed by atoms with Crippen molar-refractivity contribution >= 4 is 17.6 Å². The molecule has 0 aromatic heterocycles. The Kier molecular flexibility index (Phi) is 3.87. The van der Waals surface area contributed by atoms with Gasteiger partial charge in [0.2, 0.25) is 0 Å². The molecule has 1 aromatic carbocycles. The highest BCUT2D eigenvalue weighted by Gasteiger charge is 2.20. The summed E-state index contributed by atoms with van der Waals surface area (Å²) in [6.45, 7) is 4.11. The minimum absolute atomic E-state index is 0.339. The zero-order chi connectivity index (χ0) is 13.1. The molecule has 2 rings (SSSR count). The van der Waals surface area contributed by atoms with Crippen LogP contribution >= 0.6 is 0 Å². The number of nitrogens with zero attached hydrogens (tertiary/aromatic N) is 2. The number of aliphatic imine (C=N–C) groups is 1. The Bertz CT molecular complexity index is 445. The van der Waals surface area contributed by atoms with Crippen LogP contribution in [0.1, 0.15) is 24.0 Å². The lowest BCUT2D eigenvalue weighted by molar-refractivity contribution is 0.501. The Hall–Kier alpha value is -1.55. The fourth-order valence-electron chi connectivity index (χ4n) is 2.54. The fraction of sp³-hybridized carbons (Fsp3) is 0.500. The number of piperidine rings is 1. The normalized spacial score (nSPS) is 17.6. The van der Waals surface area contributed by atoms with Gasteiger partial charge < -0.3 is 16.4 Å². The molecule has 0 amide bonds. The van der Waals surface area contributed by atoms with Gasteiger partial charge in [0.05, 0.1) is 5.69 Å². The highest BCUT2D eigenvalue weighted by molar-refractivity contribution is 5.95. The summed E-state index contributed by atoms with van der Waals surface area (Å²) >= 11 is 0. The Labute approximate surface area is 109 Å². The van der Waals surface area contributed by atoms with Crippen molar-refractivity contribution in [2.24, 2.45) is 10.7 Å². The molecule has 0 aliphatic carbocycles. The third-order valence-electron chi connectivity index (χ3n) is 3.57. The minimum atomic E-state index is 0.339. The summed E-state index contributed by atoms with van der Waals surface area (Å²) in [5.74, 6) is 0. The molecule has 0 bridgehead atoms. The Morgan fingerprint density at radius 1 is 1.33 bits per heavy atom. The summed E-state index contributed by atoms with van der Waals surface area (Å²) in [6, 6.07) is 4.36. The van der Waals surface area contributed by atoms with E-state index in [2.05, 4.69) is 22.9 Å². The van der Waals surface area contributed by atoms with Gasteiger partial charge >= 0.3 is 0 Å². The zero-order valence-corrected chi connectivity index (χ0v) is 11.2. The molecule has 0 spiro atoms. The van der Waals surface area contributed by atoms with E-state index in [1.807, 2.05) is 12.3 Å². The van der Waals surface area contributed by atoms with E-state index in [-0.39, 0.29) is 0 Å². The van der Waals surface area contributed by atoms with Gasteiger partial charge in [-0.05, 0) is 31.4 Å².